The summed E-state index contributed by atoms with van der Waals surface area (Å²) in [7, 11) is 0. The highest BCUT2D eigenvalue weighted by Crippen LogP contribution is 2.45. The lowest BCUT2D eigenvalue weighted by Gasteiger charge is -2.42. The minimum Gasteiger partial charge on any atom is -0.0991 e. The monoisotopic (exact) mass is 300 g/mol. The Kier molecular flexibility index (Phi) is 8.45. The molecule has 0 bridgehead atoms. The van der Waals surface area contributed by atoms with Gasteiger partial charge in [-0.25, -0.2) is 0 Å². The first-order valence-corrected chi connectivity index (χ1v) is 8.56. The van der Waals surface area contributed by atoms with Gasteiger partial charge in [-0.2, -0.15) is 0 Å². The molecule has 0 aliphatic carbocycles. The maximum atomic E-state index is 3.77. The molecule has 0 saturated carbocycles. The molecule has 0 heterocycles. The summed E-state index contributed by atoms with van der Waals surface area (Å²) in [4.78, 5) is 0. The molecule has 0 N–H and O–H groups in total. The average Bonchev–Trinajstić information content (AvgIpc) is 2.48. The number of hydrogen-bond acceptors (Lipinski definition) is 0. The van der Waals surface area contributed by atoms with Crippen molar-refractivity contribution < 1.29 is 0 Å². The van der Waals surface area contributed by atoms with Gasteiger partial charge in [0.15, 0.2) is 0 Å². The topological polar surface area (TPSA) is 0 Å². The first-order valence-electron chi connectivity index (χ1n) is 8.56. The number of hydrogen-bond donors (Lipinski definition) is 0. The van der Waals surface area contributed by atoms with Crippen molar-refractivity contribution in [2.24, 2.45) is 5.41 Å². The molecule has 0 saturated heterocycles. The summed E-state index contributed by atoms with van der Waals surface area (Å²) >= 11 is 0. The summed E-state index contributed by atoms with van der Waals surface area (Å²) in [6.45, 7) is 21.6. The maximum absolute atomic E-state index is 3.77. The van der Waals surface area contributed by atoms with Crippen LogP contribution in [0.4, 0.5) is 0 Å². The molecule has 1 aromatic rings. The highest BCUT2D eigenvalue weighted by Gasteiger charge is 2.37. The predicted octanol–water partition coefficient (Wildman–Crippen LogP) is 7.24. The van der Waals surface area contributed by atoms with E-state index in [1.807, 2.05) is 19.9 Å². The molecule has 124 valence electrons. The number of rotatable bonds is 6. The van der Waals surface area contributed by atoms with Crippen molar-refractivity contribution in [3.8, 4) is 0 Å². The highest BCUT2D eigenvalue weighted by molar-refractivity contribution is 5.29. The molecule has 0 heteroatoms. The van der Waals surface area contributed by atoms with Gasteiger partial charge in [-0.3, -0.25) is 0 Å². The molecule has 0 aliphatic rings. The van der Waals surface area contributed by atoms with Crippen LogP contribution in [0.25, 0.3) is 0 Å². The third-order valence-corrected chi connectivity index (χ3v) is 5.01. The molecule has 0 aliphatic heterocycles. The van der Waals surface area contributed by atoms with Crippen molar-refractivity contribution in [3.63, 3.8) is 0 Å². The lowest BCUT2D eigenvalue weighted by molar-refractivity contribution is 0.181. The fourth-order valence-electron chi connectivity index (χ4n) is 2.47. The molecule has 0 atom stereocenters. The number of aryl methyl sites for hydroxylation is 1. The molecule has 0 amide bonds. The van der Waals surface area contributed by atoms with E-state index in [-0.39, 0.29) is 10.8 Å². The van der Waals surface area contributed by atoms with Crippen LogP contribution in [0.3, 0.4) is 0 Å². The SMILES string of the molecule is C=C/C=C(/C)CCC(C)(C)C(C)(C)c1ccc(C)cc1.CC. The van der Waals surface area contributed by atoms with E-state index in [1.165, 1.54) is 23.1 Å². The molecule has 0 radical (unpaired) electrons. The van der Waals surface area contributed by atoms with Gasteiger partial charge in [-0.05, 0) is 43.1 Å². The average molecular weight is 301 g/mol. The summed E-state index contributed by atoms with van der Waals surface area (Å²) in [5.41, 5.74) is 4.58. The van der Waals surface area contributed by atoms with Gasteiger partial charge in [0, 0.05) is 0 Å². The number of allylic oxidation sites excluding steroid dienone is 3. The largest absolute Gasteiger partial charge is 0.0991 e. The summed E-state index contributed by atoms with van der Waals surface area (Å²) in [5, 5.41) is 0. The van der Waals surface area contributed by atoms with Gasteiger partial charge < -0.3 is 0 Å². The second-order valence-electron chi connectivity index (χ2n) is 7.12. The molecule has 22 heavy (non-hydrogen) atoms. The van der Waals surface area contributed by atoms with Crippen molar-refractivity contribution in [3.05, 3.63) is 59.7 Å². The zero-order valence-corrected chi connectivity index (χ0v) is 16.1. The lowest BCUT2D eigenvalue weighted by Crippen LogP contribution is -2.36. The van der Waals surface area contributed by atoms with Crippen LogP contribution in [0, 0.1) is 12.3 Å². The zero-order valence-electron chi connectivity index (χ0n) is 16.1. The van der Waals surface area contributed by atoms with Gasteiger partial charge in [-0.1, -0.05) is 95.7 Å². The van der Waals surface area contributed by atoms with E-state index in [9.17, 15) is 0 Å². The van der Waals surface area contributed by atoms with Crippen LogP contribution in [-0.2, 0) is 5.41 Å². The second-order valence-corrected chi connectivity index (χ2v) is 7.12. The van der Waals surface area contributed by atoms with Crippen molar-refractivity contribution in [1.29, 1.82) is 0 Å². The normalized spacial score (nSPS) is 12.5. The second kappa shape index (κ2) is 8.98. The van der Waals surface area contributed by atoms with Crippen molar-refractivity contribution >= 4 is 0 Å². The van der Waals surface area contributed by atoms with Gasteiger partial charge in [0.2, 0.25) is 0 Å². The van der Waals surface area contributed by atoms with Gasteiger partial charge in [0.05, 0.1) is 0 Å². The van der Waals surface area contributed by atoms with Crippen LogP contribution < -0.4 is 0 Å². The van der Waals surface area contributed by atoms with Crippen molar-refractivity contribution in [2.45, 2.75) is 73.6 Å². The first-order chi connectivity index (χ1) is 10.2. The Morgan fingerprint density at radius 1 is 1.05 bits per heavy atom. The Balaban J connectivity index is 0.00000211. The zero-order chi connectivity index (χ0) is 17.4. The Bertz CT molecular complexity index is 469. The summed E-state index contributed by atoms with van der Waals surface area (Å²) in [6, 6.07) is 9.00. The standard InChI is InChI=1S/C20H30.C2H6/c1-8-9-16(2)14-15-19(4,5)20(6,7)18-12-10-17(3)11-13-18;1-2/h8-13H,1,14-15H2,2-7H3;1-2H3/b16-9-;. The lowest BCUT2D eigenvalue weighted by atomic mass is 9.62. The molecule has 0 nitrogen and oxygen atoms in total. The van der Waals surface area contributed by atoms with Crippen molar-refractivity contribution in [1.82, 2.24) is 0 Å². The third-order valence-electron chi connectivity index (χ3n) is 5.01. The van der Waals surface area contributed by atoms with E-state index in [0.29, 0.717) is 0 Å². The molecule has 0 unspecified atom stereocenters. The summed E-state index contributed by atoms with van der Waals surface area (Å²) in [5.74, 6) is 0. The molecule has 0 spiro atoms. The molecule has 1 aromatic carbocycles. The summed E-state index contributed by atoms with van der Waals surface area (Å²) < 4.78 is 0. The smallest absolute Gasteiger partial charge is 0.00523 e. The van der Waals surface area contributed by atoms with Gasteiger partial charge >= 0.3 is 0 Å². The Labute approximate surface area is 139 Å². The Hall–Kier alpha value is -1.30. The predicted molar refractivity (Wildman–Crippen MR) is 103 cm³/mol. The van der Waals surface area contributed by atoms with Crippen LogP contribution in [0.1, 0.15) is 72.4 Å². The van der Waals surface area contributed by atoms with Gasteiger partial charge in [0.25, 0.3) is 0 Å². The summed E-state index contributed by atoms with van der Waals surface area (Å²) in [6.07, 6.45) is 6.32. The minimum absolute atomic E-state index is 0.162. The first kappa shape index (κ1) is 20.7. The quantitative estimate of drug-likeness (QED) is 0.486. The van der Waals surface area contributed by atoms with E-state index in [0.717, 1.165) is 6.42 Å². The van der Waals surface area contributed by atoms with Crippen LogP contribution in [0.2, 0.25) is 0 Å². The van der Waals surface area contributed by atoms with Crippen LogP contribution in [-0.4, -0.2) is 0 Å². The molecule has 0 aromatic heterocycles. The van der Waals surface area contributed by atoms with E-state index in [1.54, 1.807) is 0 Å². The third kappa shape index (κ3) is 5.48. The molecular formula is C22H36. The fourth-order valence-corrected chi connectivity index (χ4v) is 2.47. The van der Waals surface area contributed by atoms with E-state index < -0.39 is 0 Å². The van der Waals surface area contributed by atoms with Crippen LogP contribution in [0.15, 0.2) is 48.6 Å². The fraction of sp³-hybridized carbons (Fsp3) is 0.545. The van der Waals surface area contributed by atoms with Crippen LogP contribution >= 0.6 is 0 Å². The van der Waals surface area contributed by atoms with Gasteiger partial charge in [-0.15, -0.1) is 0 Å². The molecule has 1 rings (SSSR count). The molecular weight excluding hydrogens is 264 g/mol. The molecule has 0 fully saturated rings. The Morgan fingerprint density at radius 3 is 2.00 bits per heavy atom. The highest BCUT2D eigenvalue weighted by atomic mass is 14.4. The van der Waals surface area contributed by atoms with E-state index >= 15 is 0 Å². The van der Waals surface area contributed by atoms with Crippen molar-refractivity contribution in [2.75, 3.05) is 0 Å². The van der Waals surface area contributed by atoms with Crippen LogP contribution in [0.5, 0.6) is 0 Å². The Morgan fingerprint density at radius 2 is 1.55 bits per heavy atom. The minimum atomic E-state index is 0.162. The van der Waals surface area contributed by atoms with E-state index in [4.69, 9.17) is 0 Å². The number of benzene rings is 1. The maximum Gasteiger partial charge on any atom is -0.00523 e. The van der Waals surface area contributed by atoms with E-state index in [2.05, 4.69) is 78.5 Å². The van der Waals surface area contributed by atoms with Gasteiger partial charge in [0.1, 0.15) is 0 Å².